The van der Waals surface area contributed by atoms with Gasteiger partial charge in [0.15, 0.2) is 0 Å². The Morgan fingerprint density at radius 1 is 0.478 bits per heavy atom. The van der Waals surface area contributed by atoms with Crippen molar-refractivity contribution in [3.63, 3.8) is 0 Å². The Hall–Kier alpha value is -5.14. The molecule has 226 valence electrons. The molecule has 0 saturated carbocycles. The Morgan fingerprint density at radius 2 is 1.02 bits per heavy atom. The number of nitrogens with zero attached hydrogens (tertiary/aromatic N) is 1. The Morgan fingerprint density at radius 3 is 1.65 bits per heavy atom. The molecule has 0 amide bonds. The maximum atomic E-state index is 2.45. The molecule has 7 aromatic carbocycles. The molecule has 46 heavy (non-hydrogen) atoms. The average Bonchev–Trinajstić information content (AvgIpc) is 3.11. The van der Waals surface area contributed by atoms with E-state index in [1.807, 2.05) is 0 Å². The molecule has 0 saturated heterocycles. The van der Waals surface area contributed by atoms with Crippen molar-refractivity contribution < 1.29 is 0 Å². The lowest BCUT2D eigenvalue weighted by Crippen LogP contribution is -2.11. The zero-order valence-corrected chi connectivity index (χ0v) is 27.1. The van der Waals surface area contributed by atoms with Crippen molar-refractivity contribution in [2.75, 3.05) is 4.90 Å². The van der Waals surface area contributed by atoms with Gasteiger partial charge in [0.1, 0.15) is 0 Å². The maximum absolute atomic E-state index is 2.45. The Balaban J connectivity index is 1.54. The zero-order chi connectivity index (χ0) is 31.5. The number of anilines is 3. The fourth-order valence-electron chi connectivity index (χ4n) is 6.84. The highest BCUT2D eigenvalue weighted by Crippen LogP contribution is 2.46. The molecule has 7 rings (SSSR count). The lowest BCUT2D eigenvalue weighted by atomic mass is 9.85. The Labute approximate surface area is 273 Å². The first-order valence-electron chi connectivity index (χ1n) is 16.7. The van der Waals surface area contributed by atoms with Gasteiger partial charge in [0.25, 0.3) is 0 Å². The predicted octanol–water partition coefficient (Wildman–Crippen LogP) is 13.3. The number of unbranched alkanes of at least 4 members (excludes halogenated alkanes) is 1. The number of hydrogen-bond donors (Lipinski definition) is 0. The molecule has 7 aromatic rings. The number of benzene rings is 7. The van der Waals surface area contributed by atoms with Gasteiger partial charge < -0.3 is 4.90 Å². The van der Waals surface area contributed by atoms with Crippen LogP contribution in [0.3, 0.4) is 0 Å². The maximum Gasteiger partial charge on any atom is 0.0468 e. The SMILES string of the molecule is CCCCc1cccc(N(c2cccc(C(C)C)c2)c2ccc3c(-c4ccccc4)c4ccccc4c(-c4ccccc4)c3c2)c1. The molecule has 0 aliphatic heterocycles. The van der Waals surface area contributed by atoms with E-state index < -0.39 is 0 Å². The lowest BCUT2D eigenvalue weighted by Gasteiger charge is -2.28. The number of fused-ring (bicyclic) bond motifs is 2. The summed E-state index contributed by atoms with van der Waals surface area (Å²) in [6, 6.07) is 56.0. The molecule has 0 fully saturated rings. The highest BCUT2D eigenvalue weighted by Gasteiger charge is 2.20. The number of rotatable bonds is 9. The van der Waals surface area contributed by atoms with Crippen molar-refractivity contribution in [3.8, 4) is 22.3 Å². The molecule has 0 heterocycles. The molecule has 1 nitrogen and oxygen atoms in total. The highest BCUT2D eigenvalue weighted by molar-refractivity contribution is 6.22. The molecule has 0 bridgehead atoms. The summed E-state index contributed by atoms with van der Waals surface area (Å²) in [6.07, 6.45) is 3.47. The lowest BCUT2D eigenvalue weighted by molar-refractivity contribution is 0.795. The first-order valence-corrected chi connectivity index (χ1v) is 16.7. The third-order valence-corrected chi connectivity index (χ3v) is 9.17. The summed E-state index contributed by atoms with van der Waals surface area (Å²) in [6.45, 7) is 6.81. The standard InChI is InChI=1S/C45H41N/c1-4-5-16-33-17-14-23-37(29-33)46(38-24-15-22-36(30-38)32(2)3)39-27-28-42-43(31-39)45(35-20-10-7-11-21-35)41-26-13-12-25-40(41)44(42)34-18-8-6-9-19-34/h6-15,17-32H,4-5,16H2,1-3H3. The molecule has 0 unspecified atom stereocenters. The zero-order valence-electron chi connectivity index (χ0n) is 27.1. The molecule has 0 aromatic heterocycles. The second-order valence-corrected chi connectivity index (χ2v) is 12.6. The van der Waals surface area contributed by atoms with Crippen LogP contribution in [0.4, 0.5) is 17.1 Å². The Kier molecular flexibility index (Phi) is 8.40. The van der Waals surface area contributed by atoms with Crippen molar-refractivity contribution in [2.45, 2.75) is 46.0 Å². The van der Waals surface area contributed by atoms with E-state index >= 15 is 0 Å². The van der Waals surface area contributed by atoms with Crippen molar-refractivity contribution in [1.29, 1.82) is 0 Å². The van der Waals surface area contributed by atoms with Crippen LogP contribution in [0.2, 0.25) is 0 Å². The van der Waals surface area contributed by atoms with Crippen LogP contribution in [0.25, 0.3) is 43.8 Å². The highest BCUT2D eigenvalue weighted by atomic mass is 15.1. The van der Waals surface area contributed by atoms with Crippen LogP contribution in [0.15, 0.2) is 152 Å². The molecule has 1 heteroatoms. The molecule has 0 aliphatic carbocycles. The summed E-state index contributed by atoms with van der Waals surface area (Å²) >= 11 is 0. The van der Waals surface area contributed by atoms with Crippen molar-refractivity contribution in [2.24, 2.45) is 0 Å². The molecule has 0 spiro atoms. The molecule has 0 N–H and O–H groups in total. The number of hydrogen-bond acceptors (Lipinski definition) is 1. The van der Waals surface area contributed by atoms with Crippen molar-refractivity contribution in [3.05, 3.63) is 163 Å². The minimum Gasteiger partial charge on any atom is -0.310 e. The summed E-state index contributed by atoms with van der Waals surface area (Å²) < 4.78 is 0. The van der Waals surface area contributed by atoms with Crippen molar-refractivity contribution >= 4 is 38.6 Å². The van der Waals surface area contributed by atoms with E-state index in [4.69, 9.17) is 0 Å². The quantitative estimate of drug-likeness (QED) is 0.150. The third kappa shape index (κ3) is 5.70. The summed E-state index contributed by atoms with van der Waals surface area (Å²) in [7, 11) is 0. The van der Waals surface area contributed by atoms with Gasteiger partial charge in [-0.1, -0.05) is 142 Å². The normalized spacial score (nSPS) is 11.4. The topological polar surface area (TPSA) is 3.24 Å². The van der Waals surface area contributed by atoms with Gasteiger partial charge in [-0.25, -0.2) is 0 Å². The third-order valence-electron chi connectivity index (χ3n) is 9.17. The predicted molar refractivity (Wildman–Crippen MR) is 200 cm³/mol. The first-order chi connectivity index (χ1) is 22.6. The Bertz CT molecular complexity index is 2110. The largest absolute Gasteiger partial charge is 0.310 e. The van der Waals surface area contributed by atoms with Crippen LogP contribution < -0.4 is 4.90 Å². The summed E-state index contributed by atoms with van der Waals surface area (Å²) in [4.78, 5) is 2.45. The van der Waals surface area contributed by atoms with Gasteiger partial charge in [0, 0.05) is 17.1 Å². The molecule has 0 aliphatic rings. The van der Waals surface area contributed by atoms with E-state index in [0.29, 0.717) is 5.92 Å². The van der Waals surface area contributed by atoms with Crippen LogP contribution in [0.5, 0.6) is 0 Å². The van der Waals surface area contributed by atoms with Gasteiger partial charge in [-0.15, -0.1) is 0 Å². The van der Waals surface area contributed by atoms with E-state index in [1.165, 1.54) is 79.1 Å². The second-order valence-electron chi connectivity index (χ2n) is 12.6. The summed E-state index contributed by atoms with van der Waals surface area (Å²) in [5.74, 6) is 0.443. The minimum absolute atomic E-state index is 0.443. The van der Waals surface area contributed by atoms with Crippen LogP contribution in [-0.4, -0.2) is 0 Å². The van der Waals surface area contributed by atoms with Gasteiger partial charge in [-0.2, -0.15) is 0 Å². The first kappa shape index (κ1) is 29.6. The molecule has 0 radical (unpaired) electrons. The van der Waals surface area contributed by atoms with E-state index in [9.17, 15) is 0 Å². The number of aryl methyl sites for hydroxylation is 1. The molecule has 0 atom stereocenters. The van der Waals surface area contributed by atoms with Crippen LogP contribution in [-0.2, 0) is 6.42 Å². The van der Waals surface area contributed by atoms with E-state index in [-0.39, 0.29) is 0 Å². The summed E-state index contributed by atoms with van der Waals surface area (Å²) in [5.41, 5.74) is 11.3. The van der Waals surface area contributed by atoms with Gasteiger partial charge in [0.05, 0.1) is 0 Å². The second kappa shape index (κ2) is 13.1. The minimum atomic E-state index is 0.443. The molecular formula is C45H41N. The fourth-order valence-corrected chi connectivity index (χ4v) is 6.84. The van der Waals surface area contributed by atoms with E-state index in [1.54, 1.807) is 0 Å². The van der Waals surface area contributed by atoms with E-state index in [2.05, 4.69) is 177 Å². The monoisotopic (exact) mass is 595 g/mol. The fraction of sp³-hybridized carbons (Fsp3) is 0.156. The van der Waals surface area contributed by atoms with Gasteiger partial charge in [-0.3, -0.25) is 0 Å². The van der Waals surface area contributed by atoms with Gasteiger partial charge >= 0.3 is 0 Å². The van der Waals surface area contributed by atoms with Gasteiger partial charge in [0.2, 0.25) is 0 Å². The van der Waals surface area contributed by atoms with Crippen LogP contribution in [0, 0.1) is 0 Å². The molecular weight excluding hydrogens is 555 g/mol. The van der Waals surface area contributed by atoms with Crippen molar-refractivity contribution in [1.82, 2.24) is 0 Å². The van der Waals surface area contributed by atoms with Crippen LogP contribution in [0.1, 0.15) is 50.7 Å². The average molecular weight is 596 g/mol. The van der Waals surface area contributed by atoms with E-state index in [0.717, 1.165) is 12.1 Å². The smallest absolute Gasteiger partial charge is 0.0468 e. The summed E-state index contributed by atoms with van der Waals surface area (Å²) in [5, 5.41) is 5.07. The van der Waals surface area contributed by atoms with Gasteiger partial charge in [-0.05, 0) is 110 Å². The van der Waals surface area contributed by atoms with Crippen LogP contribution >= 0.6 is 0 Å².